The van der Waals surface area contributed by atoms with Crippen LogP contribution in [0.4, 0.5) is 0 Å². The Morgan fingerprint density at radius 2 is 1.36 bits per heavy atom. The number of hydrogen-bond donors (Lipinski definition) is 0. The zero-order chi connectivity index (χ0) is 15.6. The van der Waals surface area contributed by atoms with Gasteiger partial charge in [-0.1, -0.05) is 93.6 Å². The Bertz CT molecular complexity index is 744. The molecule has 3 rings (SSSR count). The fourth-order valence-electron chi connectivity index (χ4n) is 2.67. The molecular weight excluding hydrogens is 264 g/mol. The van der Waals surface area contributed by atoms with Gasteiger partial charge in [0.2, 0.25) is 0 Å². The van der Waals surface area contributed by atoms with Crippen LogP contribution in [0.15, 0.2) is 72.8 Å². The van der Waals surface area contributed by atoms with Gasteiger partial charge >= 0.3 is 0 Å². The van der Waals surface area contributed by atoms with Gasteiger partial charge in [0.1, 0.15) is 0 Å². The second-order valence-electron chi connectivity index (χ2n) is 6.65. The highest BCUT2D eigenvalue weighted by molar-refractivity contribution is 5.83. The molecule has 0 saturated carbocycles. The maximum absolute atomic E-state index is 3.40. The Morgan fingerprint density at radius 1 is 0.682 bits per heavy atom. The molecule has 0 aromatic heterocycles. The van der Waals surface area contributed by atoms with Gasteiger partial charge in [-0.3, -0.25) is 0 Å². The summed E-state index contributed by atoms with van der Waals surface area (Å²) in [4.78, 5) is 0. The maximum Gasteiger partial charge on any atom is -0.00266 e. The summed E-state index contributed by atoms with van der Waals surface area (Å²) in [6.45, 7) is 6.73. The quantitative estimate of drug-likeness (QED) is 0.532. The highest BCUT2D eigenvalue weighted by Crippen LogP contribution is 2.32. The molecule has 1 radical (unpaired) electrons. The lowest BCUT2D eigenvalue weighted by Gasteiger charge is -2.19. The van der Waals surface area contributed by atoms with Crippen LogP contribution in [0.5, 0.6) is 0 Å². The molecule has 0 nitrogen and oxygen atoms in total. The van der Waals surface area contributed by atoms with E-state index in [1.54, 1.807) is 0 Å². The average Bonchev–Trinajstić information content (AvgIpc) is 2.55. The van der Waals surface area contributed by atoms with E-state index in [-0.39, 0.29) is 5.41 Å². The molecule has 0 fully saturated rings. The van der Waals surface area contributed by atoms with Crippen LogP contribution >= 0.6 is 0 Å². The molecule has 0 bridgehead atoms. The molecule has 0 aliphatic rings. The minimum atomic E-state index is 0.184. The summed E-state index contributed by atoms with van der Waals surface area (Å²) in [5, 5.41) is 0. The SMILES string of the molecule is CC(C)(C)c1ccc(-c2ccc[c]c2-c2ccccc2)cc1. The fraction of sp³-hybridized carbons (Fsp3) is 0.182. The summed E-state index contributed by atoms with van der Waals surface area (Å²) in [7, 11) is 0. The van der Waals surface area contributed by atoms with E-state index in [1.807, 2.05) is 12.1 Å². The number of rotatable bonds is 2. The first kappa shape index (κ1) is 14.6. The van der Waals surface area contributed by atoms with Crippen LogP contribution < -0.4 is 0 Å². The molecule has 22 heavy (non-hydrogen) atoms. The van der Waals surface area contributed by atoms with E-state index in [4.69, 9.17) is 0 Å². The molecule has 0 aliphatic heterocycles. The molecule has 0 saturated heterocycles. The van der Waals surface area contributed by atoms with Gasteiger partial charge in [-0.25, -0.2) is 0 Å². The Morgan fingerprint density at radius 3 is 2.00 bits per heavy atom. The summed E-state index contributed by atoms with van der Waals surface area (Å²) in [6.07, 6.45) is 0. The third-order valence-corrected chi connectivity index (χ3v) is 3.98. The Hall–Kier alpha value is -2.34. The zero-order valence-electron chi connectivity index (χ0n) is 13.4. The first-order valence-electron chi connectivity index (χ1n) is 7.73. The molecule has 109 valence electrons. The minimum Gasteiger partial charge on any atom is -0.0622 e. The van der Waals surface area contributed by atoms with Gasteiger partial charge in [0.25, 0.3) is 0 Å². The van der Waals surface area contributed by atoms with E-state index in [1.165, 1.54) is 22.3 Å². The van der Waals surface area contributed by atoms with Crippen molar-refractivity contribution in [2.45, 2.75) is 26.2 Å². The second kappa shape index (κ2) is 5.81. The van der Waals surface area contributed by atoms with Crippen molar-refractivity contribution in [3.05, 3.63) is 84.4 Å². The average molecular weight is 285 g/mol. The van der Waals surface area contributed by atoms with Gasteiger partial charge < -0.3 is 0 Å². The van der Waals surface area contributed by atoms with E-state index in [2.05, 4.69) is 87.5 Å². The van der Waals surface area contributed by atoms with Crippen molar-refractivity contribution in [1.29, 1.82) is 0 Å². The van der Waals surface area contributed by atoms with Crippen molar-refractivity contribution in [2.75, 3.05) is 0 Å². The third-order valence-electron chi connectivity index (χ3n) is 3.98. The standard InChI is InChI=1S/C22H21/c1-22(2,3)19-15-13-18(14-16-19)21-12-8-7-11-20(21)17-9-5-4-6-10-17/h4-10,12-16H,1-3H3. The van der Waals surface area contributed by atoms with Crippen molar-refractivity contribution in [2.24, 2.45) is 0 Å². The first-order chi connectivity index (χ1) is 10.6. The van der Waals surface area contributed by atoms with Crippen LogP contribution in [0, 0.1) is 6.07 Å². The Labute approximate surface area is 133 Å². The van der Waals surface area contributed by atoms with Gasteiger partial charge in [0, 0.05) is 0 Å². The van der Waals surface area contributed by atoms with Crippen molar-refractivity contribution in [1.82, 2.24) is 0 Å². The topological polar surface area (TPSA) is 0 Å². The Kier molecular flexibility index (Phi) is 3.85. The number of benzene rings is 3. The molecule has 0 unspecified atom stereocenters. The lowest BCUT2D eigenvalue weighted by molar-refractivity contribution is 0.590. The van der Waals surface area contributed by atoms with Crippen LogP contribution in [0.25, 0.3) is 22.3 Å². The van der Waals surface area contributed by atoms with E-state index >= 15 is 0 Å². The third kappa shape index (κ3) is 2.96. The summed E-state index contributed by atoms with van der Waals surface area (Å²) in [6, 6.07) is 29.0. The molecule has 3 aromatic carbocycles. The summed E-state index contributed by atoms with van der Waals surface area (Å²) >= 11 is 0. The first-order valence-corrected chi connectivity index (χ1v) is 7.73. The molecule has 3 aromatic rings. The van der Waals surface area contributed by atoms with E-state index in [0.717, 1.165) is 5.56 Å². The smallest absolute Gasteiger partial charge is 0.00266 e. The van der Waals surface area contributed by atoms with Gasteiger partial charge in [0.15, 0.2) is 0 Å². The molecule has 0 amide bonds. The second-order valence-corrected chi connectivity index (χ2v) is 6.65. The Balaban J connectivity index is 2.06. The highest BCUT2D eigenvalue weighted by Gasteiger charge is 2.14. The fourth-order valence-corrected chi connectivity index (χ4v) is 2.67. The van der Waals surface area contributed by atoms with Crippen LogP contribution in [-0.2, 0) is 5.41 Å². The van der Waals surface area contributed by atoms with Gasteiger partial charge in [-0.05, 0) is 39.3 Å². The summed E-state index contributed by atoms with van der Waals surface area (Å²) in [5.74, 6) is 0. The van der Waals surface area contributed by atoms with Crippen LogP contribution in [0.3, 0.4) is 0 Å². The summed E-state index contributed by atoms with van der Waals surface area (Å²) < 4.78 is 0. The monoisotopic (exact) mass is 285 g/mol. The maximum atomic E-state index is 3.40. The lowest BCUT2D eigenvalue weighted by Crippen LogP contribution is -2.10. The van der Waals surface area contributed by atoms with Crippen LogP contribution in [-0.4, -0.2) is 0 Å². The van der Waals surface area contributed by atoms with Crippen molar-refractivity contribution in [3.8, 4) is 22.3 Å². The van der Waals surface area contributed by atoms with Crippen molar-refractivity contribution < 1.29 is 0 Å². The van der Waals surface area contributed by atoms with E-state index in [0.29, 0.717) is 0 Å². The number of hydrogen-bond acceptors (Lipinski definition) is 0. The molecule has 0 spiro atoms. The van der Waals surface area contributed by atoms with E-state index in [9.17, 15) is 0 Å². The highest BCUT2D eigenvalue weighted by atomic mass is 14.2. The predicted octanol–water partition coefficient (Wildman–Crippen LogP) is 6.12. The van der Waals surface area contributed by atoms with E-state index < -0.39 is 0 Å². The molecule has 0 aliphatic carbocycles. The minimum absolute atomic E-state index is 0.184. The van der Waals surface area contributed by atoms with Gasteiger partial charge in [0.05, 0.1) is 0 Å². The normalized spacial score (nSPS) is 11.4. The molecule has 0 heteroatoms. The molecular formula is C22H21. The van der Waals surface area contributed by atoms with Crippen LogP contribution in [0.1, 0.15) is 26.3 Å². The summed E-state index contributed by atoms with van der Waals surface area (Å²) in [5.41, 5.74) is 6.38. The van der Waals surface area contributed by atoms with Gasteiger partial charge in [-0.2, -0.15) is 0 Å². The molecule has 0 atom stereocenters. The van der Waals surface area contributed by atoms with Crippen molar-refractivity contribution >= 4 is 0 Å². The van der Waals surface area contributed by atoms with Gasteiger partial charge in [-0.15, -0.1) is 0 Å². The largest absolute Gasteiger partial charge is 0.0622 e. The molecule has 0 N–H and O–H groups in total. The predicted molar refractivity (Wildman–Crippen MR) is 94.9 cm³/mol. The van der Waals surface area contributed by atoms with Crippen LogP contribution in [0.2, 0.25) is 0 Å². The molecule has 0 heterocycles. The zero-order valence-corrected chi connectivity index (χ0v) is 13.4. The van der Waals surface area contributed by atoms with Crippen molar-refractivity contribution in [3.63, 3.8) is 0 Å². The lowest BCUT2D eigenvalue weighted by atomic mass is 9.85.